The van der Waals surface area contributed by atoms with Crippen LogP contribution in [0.15, 0.2) is 46.4 Å². The molecule has 2 aromatic rings. The molecular weight excluding hydrogens is 310 g/mol. The first-order chi connectivity index (χ1) is 11.6. The van der Waals surface area contributed by atoms with Crippen molar-refractivity contribution in [2.75, 3.05) is 13.7 Å². The van der Waals surface area contributed by atoms with Crippen molar-refractivity contribution >= 4 is 18.0 Å². The maximum atomic E-state index is 11.8. The largest absolute Gasteiger partial charge is 0.465 e. The average molecular weight is 325 g/mol. The predicted octanol–water partition coefficient (Wildman–Crippen LogP) is 3.20. The molecule has 1 aromatic carbocycles. The van der Waals surface area contributed by atoms with Crippen LogP contribution in [-0.2, 0) is 14.3 Å². The molecule has 0 N–H and O–H groups in total. The van der Waals surface area contributed by atoms with E-state index >= 15 is 0 Å². The molecule has 0 fully saturated rings. The van der Waals surface area contributed by atoms with E-state index in [4.69, 9.17) is 19.2 Å². The van der Waals surface area contributed by atoms with Crippen molar-refractivity contribution in [1.29, 1.82) is 5.26 Å². The molecule has 0 radical (unpaired) electrons. The number of rotatable bonds is 5. The van der Waals surface area contributed by atoms with Crippen LogP contribution in [0.2, 0.25) is 0 Å². The van der Waals surface area contributed by atoms with Crippen molar-refractivity contribution in [1.82, 2.24) is 0 Å². The number of hydrogen-bond donors (Lipinski definition) is 0. The number of carbonyl (C=O) groups excluding carboxylic acids is 2. The standard InChI is InChI=1S/C18H15NO5/c1-3-23-17(20)12(11-19)10-13-8-9-16(24-13)14-6-4-5-7-15(14)18(21)22-2/h4-10H,3H2,1-2H3. The number of methoxy groups -OCH3 is 1. The highest BCUT2D eigenvalue weighted by Gasteiger charge is 2.16. The molecule has 0 aliphatic carbocycles. The van der Waals surface area contributed by atoms with Crippen molar-refractivity contribution in [2.45, 2.75) is 6.92 Å². The molecule has 6 heteroatoms. The number of hydrogen-bond acceptors (Lipinski definition) is 6. The maximum Gasteiger partial charge on any atom is 0.349 e. The molecule has 0 unspecified atom stereocenters. The second-order valence-electron chi connectivity index (χ2n) is 4.63. The first-order valence-electron chi connectivity index (χ1n) is 7.17. The Balaban J connectivity index is 2.37. The van der Waals surface area contributed by atoms with Gasteiger partial charge >= 0.3 is 11.9 Å². The van der Waals surface area contributed by atoms with Crippen molar-refractivity contribution in [3.8, 4) is 17.4 Å². The van der Waals surface area contributed by atoms with Crippen LogP contribution in [0.1, 0.15) is 23.0 Å². The highest BCUT2D eigenvalue weighted by molar-refractivity contribution is 5.98. The highest BCUT2D eigenvalue weighted by Crippen LogP contribution is 2.27. The Morgan fingerprint density at radius 3 is 2.67 bits per heavy atom. The van der Waals surface area contributed by atoms with Crippen LogP contribution in [-0.4, -0.2) is 25.7 Å². The summed E-state index contributed by atoms with van der Waals surface area (Å²) in [6.45, 7) is 1.83. The molecule has 1 heterocycles. The van der Waals surface area contributed by atoms with Gasteiger partial charge in [0.25, 0.3) is 0 Å². The van der Waals surface area contributed by atoms with Crippen LogP contribution in [0, 0.1) is 11.3 Å². The zero-order valence-corrected chi connectivity index (χ0v) is 13.2. The molecule has 0 amide bonds. The minimum Gasteiger partial charge on any atom is -0.465 e. The minimum absolute atomic E-state index is 0.168. The number of nitriles is 1. The van der Waals surface area contributed by atoms with Crippen molar-refractivity contribution in [3.63, 3.8) is 0 Å². The smallest absolute Gasteiger partial charge is 0.349 e. The minimum atomic E-state index is -0.715. The number of benzene rings is 1. The van der Waals surface area contributed by atoms with Crippen LogP contribution in [0.5, 0.6) is 0 Å². The molecule has 0 atom stereocenters. The number of esters is 2. The molecule has 1 aromatic heterocycles. The monoisotopic (exact) mass is 325 g/mol. The molecular formula is C18H15NO5. The SMILES string of the molecule is CCOC(=O)C(C#N)=Cc1ccc(-c2ccccc2C(=O)OC)o1. The first kappa shape index (κ1) is 17.0. The van der Waals surface area contributed by atoms with E-state index in [2.05, 4.69) is 0 Å². The van der Waals surface area contributed by atoms with Gasteiger partial charge in [-0.3, -0.25) is 0 Å². The average Bonchev–Trinajstić information content (AvgIpc) is 3.07. The summed E-state index contributed by atoms with van der Waals surface area (Å²) in [5.41, 5.74) is 0.744. The molecule has 6 nitrogen and oxygen atoms in total. The maximum absolute atomic E-state index is 11.8. The normalized spacial score (nSPS) is 10.8. The molecule has 2 rings (SSSR count). The van der Waals surface area contributed by atoms with E-state index in [1.807, 2.05) is 0 Å². The molecule has 0 aliphatic rings. The van der Waals surface area contributed by atoms with Crippen LogP contribution in [0.25, 0.3) is 17.4 Å². The number of ether oxygens (including phenoxy) is 2. The molecule has 122 valence electrons. The van der Waals surface area contributed by atoms with Gasteiger partial charge in [-0.1, -0.05) is 18.2 Å². The second kappa shape index (κ2) is 7.79. The van der Waals surface area contributed by atoms with Crippen LogP contribution < -0.4 is 0 Å². The Labute approximate surface area is 138 Å². The van der Waals surface area contributed by atoms with E-state index in [1.54, 1.807) is 49.4 Å². The Morgan fingerprint density at radius 2 is 2.00 bits per heavy atom. The van der Waals surface area contributed by atoms with Crippen molar-refractivity contribution < 1.29 is 23.5 Å². The Bertz CT molecular complexity index is 826. The summed E-state index contributed by atoms with van der Waals surface area (Å²) in [5, 5.41) is 9.04. The third-order valence-electron chi connectivity index (χ3n) is 3.13. The van der Waals surface area contributed by atoms with Crippen LogP contribution in [0.4, 0.5) is 0 Å². The fourth-order valence-electron chi connectivity index (χ4n) is 2.05. The zero-order chi connectivity index (χ0) is 17.5. The zero-order valence-electron chi connectivity index (χ0n) is 13.2. The van der Waals surface area contributed by atoms with Gasteiger partial charge in [0.05, 0.1) is 19.3 Å². The van der Waals surface area contributed by atoms with Crippen molar-refractivity contribution in [2.24, 2.45) is 0 Å². The molecule has 0 bridgehead atoms. The lowest BCUT2D eigenvalue weighted by Gasteiger charge is -2.04. The number of furan rings is 1. The lowest BCUT2D eigenvalue weighted by Crippen LogP contribution is -2.05. The Kier molecular flexibility index (Phi) is 5.53. The summed E-state index contributed by atoms with van der Waals surface area (Å²) in [5.74, 6) is -0.478. The van der Waals surface area contributed by atoms with Gasteiger partial charge in [-0.15, -0.1) is 0 Å². The van der Waals surface area contributed by atoms with Gasteiger partial charge in [0, 0.05) is 11.6 Å². The lowest BCUT2D eigenvalue weighted by atomic mass is 10.1. The third-order valence-corrected chi connectivity index (χ3v) is 3.13. The number of carbonyl (C=O) groups is 2. The summed E-state index contributed by atoms with van der Waals surface area (Å²) in [6, 6.07) is 11.8. The van der Waals surface area contributed by atoms with E-state index in [0.717, 1.165) is 0 Å². The van der Waals surface area contributed by atoms with Gasteiger partial charge in [-0.05, 0) is 25.1 Å². The van der Waals surface area contributed by atoms with E-state index in [1.165, 1.54) is 13.2 Å². The summed E-state index contributed by atoms with van der Waals surface area (Å²) >= 11 is 0. The summed E-state index contributed by atoms with van der Waals surface area (Å²) in [7, 11) is 1.30. The van der Waals surface area contributed by atoms with E-state index < -0.39 is 11.9 Å². The Morgan fingerprint density at radius 1 is 1.25 bits per heavy atom. The van der Waals surface area contributed by atoms with Gasteiger partial charge in [-0.25, -0.2) is 9.59 Å². The van der Waals surface area contributed by atoms with Gasteiger partial charge in [0.1, 0.15) is 23.2 Å². The summed E-state index contributed by atoms with van der Waals surface area (Å²) < 4.78 is 15.2. The van der Waals surface area contributed by atoms with Crippen LogP contribution in [0.3, 0.4) is 0 Å². The van der Waals surface area contributed by atoms with Gasteiger partial charge in [0.2, 0.25) is 0 Å². The fraction of sp³-hybridized carbons (Fsp3) is 0.167. The van der Waals surface area contributed by atoms with Gasteiger partial charge in [-0.2, -0.15) is 5.26 Å². The van der Waals surface area contributed by atoms with Crippen molar-refractivity contribution in [3.05, 3.63) is 53.3 Å². The molecule has 0 aliphatic heterocycles. The van der Waals surface area contributed by atoms with E-state index in [9.17, 15) is 9.59 Å². The molecule has 24 heavy (non-hydrogen) atoms. The molecule has 0 saturated heterocycles. The first-order valence-corrected chi connectivity index (χ1v) is 7.17. The van der Waals surface area contributed by atoms with E-state index in [0.29, 0.717) is 22.6 Å². The predicted molar refractivity (Wildman–Crippen MR) is 85.7 cm³/mol. The number of nitrogens with zero attached hydrogens (tertiary/aromatic N) is 1. The molecule has 0 spiro atoms. The highest BCUT2D eigenvalue weighted by atomic mass is 16.5. The quantitative estimate of drug-likeness (QED) is 0.476. The topological polar surface area (TPSA) is 89.5 Å². The van der Waals surface area contributed by atoms with Gasteiger partial charge in [0.15, 0.2) is 0 Å². The van der Waals surface area contributed by atoms with Crippen LogP contribution >= 0.6 is 0 Å². The Hall–Kier alpha value is -3.33. The van der Waals surface area contributed by atoms with E-state index in [-0.39, 0.29) is 12.2 Å². The third kappa shape index (κ3) is 3.70. The van der Waals surface area contributed by atoms with Gasteiger partial charge < -0.3 is 13.9 Å². The summed E-state index contributed by atoms with van der Waals surface area (Å²) in [4.78, 5) is 23.4. The lowest BCUT2D eigenvalue weighted by molar-refractivity contribution is -0.137. The fourth-order valence-corrected chi connectivity index (χ4v) is 2.05. The molecule has 0 saturated carbocycles. The summed E-state index contributed by atoms with van der Waals surface area (Å²) in [6.07, 6.45) is 1.29. The second-order valence-corrected chi connectivity index (χ2v) is 4.63.